The topological polar surface area (TPSA) is 41.3 Å². The van der Waals surface area contributed by atoms with Gasteiger partial charge in [-0.15, -0.1) is 11.8 Å². The Morgan fingerprint density at radius 3 is 2.29 bits per heavy atom. The van der Waals surface area contributed by atoms with E-state index in [2.05, 4.69) is 36.0 Å². The number of nitrogens with one attached hydrogen (secondary N) is 1. The lowest BCUT2D eigenvalue weighted by Crippen LogP contribution is -2.61. The molecular formula is C14H27N3. The largest absolute Gasteiger partial charge is 0.296 e. The first-order chi connectivity index (χ1) is 8.25. The van der Waals surface area contributed by atoms with Gasteiger partial charge in [-0.25, -0.2) is 0 Å². The lowest BCUT2D eigenvalue weighted by molar-refractivity contribution is 0.0638. The van der Waals surface area contributed by atoms with Gasteiger partial charge in [0, 0.05) is 12.0 Å². The van der Waals surface area contributed by atoms with E-state index < -0.39 is 0 Å². The Kier molecular flexibility index (Phi) is 5.97. The van der Waals surface area contributed by atoms with Crippen LogP contribution < -0.4 is 11.3 Å². The van der Waals surface area contributed by atoms with Gasteiger partial charge >= 0.3 is 0 Å². The molecule has 0 aromatic carbocycles. The summed E-state index contributed by atoms with van der Waals surface area (Å²) in [7, 11) is 0. The molecular weight excluding hydrogens is 210 g/mol. The molecule has 1 aliphatic heterocycles. The van der Waals surface area contributed by atoms with Gasteiger partial charge < -0.3 is 0 Å². The zero-order valence-corrected chi connectivity index (χ0v) is 11.6. The Hall–Kier alpha value is -0.560. The number of nitrogens with two attached hydrogens (primary N) is 1. The highest BCUT2D eigenvalue weighted by atomic mass is 15.3. The van der Waals surface area contributed by atoms with Crippen LogP contribution in [-0.2, 0) is 0 Å². The van der Waals surface area contributed by atoms with Crippen LogP contribution in [0, 0.1) is 11.8 Å². The summed E-state index contributed by atoms with van der Waals surface area (Å²) in [5.41, 5.74) is 3.19. The fourth-order valence-corrected chi connectivity index (χ4v) is 3.18. The molecule has 1 saturated heterocycles. The first kappa shape index (κ1) is 14.5. The van der Waals surface area contributed by atoms with Gasteiger partial charge in [0.05, 0.1) is 6.04 Å². The fraction of sp³-hybridized carbons (Fsp3) is 0.857. The van der Waals surface area contributed by atoms with Crippen molar-refractivity contribution in [1.82, 2.24) is 10.3 Å². The summed E-state index contributed by atoms with van der Waals surface area (Å²) in [6.07, 6.45) is 5.73. The van der Waals surface area contributed by atoms with Crippen molar-refractivity contribution in [2.45, 2.75) is 64.5 Å². The average Bonchev–Trinajstić information content (AvgIpc) is 2.89. The predicted molar refractivity (Wildman–Crippen MR) is 73.3 cm³/mol. The molecule has 0 aromatic rings. The molecule has 3 heteroatoms. The molecule has 1 atom stereocenters. The maximum atomic E-state index is 5.77. The molecule has 0 bridgehead atoms. The summed E-state index contributed by atoms with van der Waals surface area (Å²) in [5.74, 6) is 11.9. The molecule has 1 rings (SSSR count). The van der Waals surface area contributed by atoms with Crippen LogP contribution in [-0.4, -0.2) is 29.6 Å². The normalized spacial score (nSPS) is 18.8. The van der Waals surface area contributed by atoms with E-state index in [0.717, 1.165) is 19.3 Å². The standard InChI is InChI=1S/C14H27N3/c1-4-7-10-13(16-15)14(5-2,6-3)17-11-8-9-12-17/h13,16H,5-6,8-12,15H2,1-3H3. The van der Waals surface area contributed by atoms with Gasteiger partial charge in [0.2, 0.25) is 0 Å². The van der Waals surface area contributed by atoms with Gasteiger partial charge in [0.1, 0.15) is 0 Å². The predicted octanol–water partition coefficient (Wildman–Crippen LogP) is 1.89. The highest BCUT2D eigenvalue weighted by Crippen LogP contribution is 2.32. The SMILES string of the molecule is CC#CCC(NN)C(CC)(CC)N1CCCC1. The van der Waals surface area contributed by atoms with Crippen molar-refractivity contribution in [3.8, 4) is 11.8 Å². The molecule has 0 aliphatic carbocycles. The van der Waals surface area contributed by atoms with Crippen molar-refractivity contribution in [3.63, 3.8) is 0 Å². The van der Waals surface area contributed by atoms with E-state index in [1.807, 2.05) is 6.92 Å². The third-order valence-corrected chi connectivity index (χ3v) is 4.29. The van der Waals surface area contributed by atoms with E-state index >= 15 is 0 Å². The molecule has 17 heavy (non-hydrogen) atoms. The summed E-state index contributed by atoms with van der Waals surface area (Å²) >= 11 is 0. The summed E-state index contributed by atoms with van der Waals surface area (Å²) in [6, 6.07) is 0.267. The van der Waals surface area contributed by atoms with Crippen LogP contribution in [0.4, 0.5) is 0 Å². The Balaban J connectivity index is 2.88. The van der Waals surface area contributed by atoms with Crippen molar-refractivity contribution in [2.24, 2.45) is 5.84 Å². The molecule has 0 aromatic heterocycles. The van der Waals surface area contributed by atoms with Gasteiger partial charge in [-0.05, 0) is 45.7 Å². The lowest BCUT2D eigenvalue weighted by Gasteiger charge is -2.46. The smallest absolute Gasteiger partial charge is 0.0503 e. The zero-order chi connectivity index (χ0) is 12.7. The molecule has 0 saturated carbocycles. The van der Waals surface area contributed by atoms with Gasteiger partial charge in [-0.1, -0.05) is 13.8 Å². The van der Waals surface area contributed by atoms with Crippen molar-refractivity contribution in [1.29, 1.82) is 0 Å². The van der Waals surface area contributed by atoms with Crippen LogP contribution in [0.1, 0.15) is 52.9 Å². The maximum Gasteiger partial charge on any atom is 0.0503 e. The van der Waals surface area contributed by atoms with Gasteiger partial charge in [-0.3, -0.25) is 16.2 Å². The third kappa shape index (κ3) is 3.01. The van der Waals surface area contributed by atoms with Crippen LogP contribution in [0.25, 0.3) is 0 Å². The van der Waals surface area contributed by atoms with Crippen LogP contribution in [0.2, 0.25) is 0 Å². The first-order valence-electron chi connectivity index (χ1n) is 6.86. The number of rotatable bonds is 6. The summed E-state index contributed by atoms with van der Waals surface area (Å²) in [5, 5.41) is 0. The third-order valence-electron chi connectivity index (χ3n) is 4.29. The van der Waals surface area contributed by atoms with Gasteiger partial charge in [-0.2, -0.15) is 0 Å². The summed E-state index contributed by atoms with van der Waals surface area (Å²) in [4.78, 5) is 2.62. The quantitative estimate of drug-likeness (QED) is 0.421. The van der Waals surface area contributed by atoms with E-state index in [1.165, 1.54) is 25.9 Å². The minimum Gasteiger partial charge on any atom is -0.296 e. The Labute approximate surface area is 106 Å². The van der Waals surface area contributed by atoms with Crippen molar-refractivity contribution in [3.05, 3.63) is 0 Å². The number of hydrogen-bond acceptors (Lipinski definition) is 3. The van der Waals surface area contributed by atoms with Crippen LogP contribution in [0.5, 0.6) is 0 Å². The molecule has 1 heterocycles. The van der Waals surface area contributed by atoms with Crippen molar-refractivity contribution in [2.75, 3.05) is 13.1 Å². The Bertz CT molecular complexity index is 267. The highest BCUT2D eigenvalue weighted by molar-refractivity contribution is 5.07. The monoisotopic (exact) mass is 237 g/mol. The highest BCUT2D eigenvalue weighted by Gasteiger charge is 2.41. The second-order valence-electron chi connectivity index (χ2n) is 4.85. The molecule has 3 N–H and O–H groups in total. The van der Waals surface area contributed by atoms with Crippen molar-refractivity contribution >= 4 is 0 Å². The maximum absolute atomic E-state index is 5.77. The van der Waals surface area contributed by atoms with Crippen molar-refractivity contribution < 1.29 is 0 Å². The first-order valence-corrected chi connectivity index (χ1v) is 6.86. The summed E-state index contributed by atoms with van der Waals surface area (Å²) in [6.45, 7) is 8.85. The lowest BCUT2D eigenvalue weighted by atomic mass is 9.81. The van der Waals surface area contributed by atoms with Crippen LogP contribution >= 0.6 is 0 Å². The number of likely N-dealkylation sites (tertiary alicyclic amines) is 1. The van der Waals surface area contributed by atoms with Crippen LogP contribution in [0.3, 0.4) is 0 Å². The fourth-order valence-electron chi connectivity index (χ4n) is 3.18. The minimum absolute atomic E-state index is 0.176. The number of nitrogens with zero attached hydrogens (tertiary/aromatic N) is 1. The minimum atomic E-state index is 0.176. The molecule has 0 amide bonds. The van der Waals surface area contributed by atoms with Crippen LogP contribution in [0.15, 0.2) is 0 Å². The molecule has 1 fully saturated rings. The van der Waals surface area contributed by atoms with E-state index in [9.17, 15) is 0 Å². The number of hydrogen-bond donors (Lipinski definition) is 2. The molecule has 98 valence electrons. The molecule has 1 unspecified atom stereocenters. The van der Waals surface area contributed by atoms with E-state index in [-0.39, 0.29) is 11.6 Å². The number of hydrazine groups is 1. The molecule has 1 aliphatic rings. The Morgan fingerprint density at radius 2 is 1.88 bits per heavy atom. The second-order valence-corrected chi connectivity index (χ2v) is 4.85. The molecule has 0 spiro atoms. The zero-order valence-electron chi connectivity index (χ0n) is 11.6. The second kappa shape index (κ2) is 7.00. The summed E-state index contributed by atoms with van der Waals surface area (Å²) < 4.78 is 0. The molecule has 3 nitrogen and oxygen atoms in total. The van der Waals surface area contributed by atoms with Gasteiger partial charge in [0.15, 0.2) is 0 Å². The van der Waals surface area contributed by atoms with E-state index in [1.54, 1.807) is 0 Å². The average molecular weight is 237 g/mol. The molecule has 0 radical (unpaired) electrons. The van der Waals surface area contributed by atoms with Gasteiger partial charge in [0.25, 0.3) is 0 Å². The Morgan fingerprint density at radius 1 is 1.29 bits per heavy atom. The van der Waals surface area contributed by atoms with E-state index in [0.29, 0.717) is 0 Å². The van der Waals surface area contributed by atoms with E-state index in [4.69, 9.17) is 5.84 Å².